The Morgan fingerprint density at radius 3 is 2.21 bits per heavy atom. The van der Waals surface area contributed by atoms with Crippen molar-refractivity contribution in [3.8, 4) is 17.7 Å². The Labute approximate surface area is 412 Å². The molecule has 0 atom stereocenters. The van der Waals surface area contributed by atoms with E-state index in [1.54, 1.807) is 68.4 Å². The maximum absolute atomic E-state index is 11.9. The van der Waals surface area contributed by atoms with Crippen molar-refractivity contribution in [3.05, 3.63) is 101 Å². The molecule has 0 unspecified atom stereocenters. The molecule has 0 spiro atoms. The number of aliphatic hydroxyl groups is 1. The Kier molecular flexibility index (Phi) is 14.6. The first-order valence-corrected chi connectivity index (χ1v) is 27.3. The lowest BCUT2D eigenvalue weighted by atomic mass is 10.1. The van der Waals surface area contributed by atoms with Gasteiger partial charge >= 0.3 is 0 Å². The van der Waals surface area contributed by atoms with Gasteiger partial charge in [0.05, 0.1) is 67.9 Å². The Morgan fingerprint density at radius 1 is 0.775 bits per heavy atom. The van der Waals surface area contributed by atoms with Crippen LogP contribution in [0.1, 0.15) is 35.1 Å². The van der Waals surface area contributed by atoms with Crippen LogP contribution in [0.15, 0.2) is 119 Å². The molecule has 8 aromatic rings. The van der Waals surface area contributed by atoms with Crippen molar-refractivity contribution in [3.63, 3.8) is 0 Å². The van der Waals surface area contributed by atoms with Crippen molar-refractivity contribution >= 4 is 125 Å². The lowest BCUT2D eigenvalue weighted by Crippen LogP contribution is -2.08. The molecule has 0 bridgehead atoms. The van der Waals surface area contributed by atoms with Gasteiger partial charge in [-0.1, -0.05) is 35.6 Å². The molecule has 8 rings (SSSR count). The highest BCUT2D eigenvalue weighted by atomic mass is 32.2. The van der Waals surface area contributed by atoms with Crippen molar-refractivity contribution in [2.24, 2.45) is 30.7 Å². The molecule has 5 N–H and O–H groups in total. The van der Waals surface area contributed by atoms with Crippen molar-refractivity contribution < 1.29 is 53.9 Å². The van der Waals surface area contributed by atoms with Crippen LogP contribution in [0.5, 0.6) is 11.6 Å². The number of fused-ring (bicyclic) bond motifs is 6. The van der Waals surface area contributed by atoms with E-state index in [-0.39, 0.29) is 92.1 Å². The SMILES string of the molecule is Cc1cc(N=Nc2c(C)c(C#N)c3nc4ccccc4n3c2O)c(OCCCS(=O)(=O)O)cc1N=Nc1cc(CO)c(N=Nc2nc3ccc4ccc(S(=O)(=O)O)cc4c3s2)cc1SCCCS(=O)(=O)O. The largest absolute Gasteiger partial charge is 0.493 e. The number of para-hydroxylation sites is 2. The predicted octanol–water partition coefficient (Wildman–Crippen LogP) is 10.5. The number of benzene rings is 5. The van der Waals surface area contributed by atoms with Gasteiger partial charge < -0.3 is 14.9 Å². The maximum Gasteiger partial charge on any atom is 0.294 e. The van der Waals surface area contributed by atoms with E-state index in [4.69, 9.17) is 4.74 Å². The van der Waals surface area contributed by atoms with Gasteiger partial charge in [0.1, 0.15) is 23.1 Å². The summed E-state index contributed by atoms with van der Waals surface area (Å²) >= 11 is 2.27. The summed E-state index contributed by atoms with van der Waals surface area (Å²) < 4.78 is 106. The fourth-order valence-electron chi connectivity index (χ4n) is 7.23. The van der Waals surface area contributed by atoms with E-state index in [0.717, 1.165) is 23.1 Å². The smallest absolute Gasteiger partial charge is 0.294 e. The minimum atomic E-state index is -4.49. The van der Waals surface area contributed by atoms with Crippen LogP contribution in [0.3, 0.4) is 0 Å². The number of thiazole rings is 1. The molecule has 0 radical (unpaired) electrons. The van der Waals surface area contributed by atoms with Crippen LogP contribution in [0.4, 0.5) is 33.6 Å². The molecule has 3 heterocycles. The summed E-state index contributed by atoms with van der Waals surface area (Å²) in [5.74, 6) is -1.22. The summed E-state index contributed by atoms with van der Waals surface area (Å²) in [6, 6.07) is 22.8. The number of imidazole rings is 1. The van der Waals surface area contributed by atoms with E-state index >= 15 is 0 Å². The van der Waals surface area contributed by atoms with Crippen LogP contribution in [-0.4, -0.2) is 87.4 Å². The number of aromatic nitrogens is 3. The van der Waals surface area contributed by atoms with Crippen LogP contribution in [0.2, 0.25) is 0 Å². The molecule has 0 aliphatic heterocycles. The van der Waals surface area contributed by atoms with E-state index in [2.05, 4.69) is 46.7 Å². The third kappa shape index (κ3) is 11.5. The fraction of sp³-hybridized carbons (Fsp3) is 0.205. The van der Waals surface area contributed by atoms with Gasteiger partial charge in [-0.2, -0.15) is 35.6 Å². The first-order chi connectivity index (χ1) is 33.7. The lowest BCUT2D eigenvalue weighted by Gasteiger charge is -2.12. The summed E-state index contributed by atoms with van der Waals surface area (Å²) in [5, 5.41) is 59.9. The highest BCUT2D eigenvalue weighted by Gasteiger charge is 2.22. The van der Waals surface area contributed by atoms with Crippen molar-refractivity contribution in [2.75, 3.05) is 23.9 Å². The number of thioether (sulfide) groups is 1. The lowest BCUT2D eigenvalue weighted by molar-refractivity contribution is 0.282. The van der Waals surface area contributed by atoms with Crippen LogP contribution >= 0.6 is 23.1 Å². The second kappa shape index (κ2) is 20.5. The molecule has 0 fully saturated rings. The van der Waals surface area contributed by atoms with E-state index < -0.39 is 48.5 Å². The van der Waals surface area contributed by atoms with Crippen LogP contribution in [0.25, 0.3) is 37.7 Å². The number of hydrogen-bond donors (Lipinski definition) is 5. The summed E-state index contributed by atoms with van der Waals surface area (Å²) in [7, 11) is -13.1. The number of nitrogens with zero attached hydrogens (tertiary/aromatic N) is 10. The number of hydrogen-bond acceptors (Lipinski definition) is 20. The number of pyridine rings is 1. The molecule has 3 aromatic heterocycles. The van der Waals surface area contributed by atoms with E-state index in [1.165, 1.54) is 28.7 Å². The van der Waals surface area contributed by atoms with Gasteiger partial charge in [0, 0.05) is 27.5 Å². The molecule has 0 aliphatic rings. The zero-order chi connectivity index (χ0) is 50.8. The average Bonchev–Trinajstić information content (AvgIpc) is 3.92. The van der Waals surface area contributed by atoms with Gasteiger partial charge in [-0.25, -0.2) is 9.97 Å². The quantitative estimate of drug-likeness (QED) is 0.0231. The van der Waals surface area contributed by atoms with Gasteiger partial charge in [0.25, 0.3) is 30.4 Å². The van der Waals surface area contributed by atoms with Crippen LogP contribution in [0, 0.1) is 25.2 Å². The van der Waals surface area contributed by atoms with Gasteiger partial charge in [-0.05, 0) is 91.9 Å². The third-order valence-corrected chi connectivity index (χ3v) is 15.2. The van der Waals surface area contributed by atoms with Gasteiger partial charge in [0.2, 0.25) is 11.0 Å². The number of aryl methyl sites for hydroxylation is 1. The van der Waals surface area contributed by atoms with Gasteiger partial charge in [0.15, 0.2) is 11.3 Å². The van der Waals surface area contributed by atoms with E-state index in [0.29, 0.717) is 48.0 Å². The number of ether oxygens (including phenoxy) is 1. The Hall–Kier alpha value is -6.87. The number of rotatable bonds is 18. The number of aromatic hydroxyl groups is 1. The summed E-state index contributed by atoms with van der Waals surface area (Å²) in [6.07, 6.45) is -0.0670. The van der Waals surface area contributed by atoms with Crippen molar-refractivity contribution in [2.45, 2.75) is 43.1 Å². The molecule has 0 saturated heterocycles. The van der Waals surface area contributed by atoms with Crippen LogP contribution < -0.4 is 4.74 Å². The number of azo groups is 3. The average molecular weight is 1060 g/mol. The molecule has 366 valence electrons. The monoisotopic (exact) mass is 1060 g/mol. The standard InChI is InChI=1S/C44H38N10O12S5/c1-24-17-35(50-52-40-25(2)30(22-45)42-46-31-7-3-4-8-37(31)54(42)43(40)56)38(66-13-5-15-69(57,58)59)20-33(24)48-51-36-18-27(23-55)34(21-39(36)67-14-6-16-70(60,61)62)49-53-44-47-32-12-10-26-9-11-28(71(63,64)65)19-29(26)41(32)68-44/h3-4,7-12,17-21,55-56H,5-6,13-16,23H2,1-2H3,(H,57,58,59)(H,60,61,62)(H,63,64,65). The Morgan fingerprint density at radius 2 is 1.48 bits per heavy atom. The highest BCUT2D eigenvalue weighted by Crippen LogP contribution is 2.43. The summed E-state index contributed by atoms with van der Waals surface area (Å²) in [4.78, 5) is 9.16. The minimum absolute atomic E-state index is 0.0363. The Balaban J connectivity index is 1.15. The van der Waals surface area contributed by atoms with Crippen molar-refractivity contribution in [1.29, 1.82) is 5.26 Å². The molecule has 22 nitrogen and oxygen atoms in total. The van der Waals surface area contributed by atoms with E-state index in [1.807, 2.05) is 0 Å². The Bertz CT molecular complexity index is 3930. The van der Waals surface area contributed by atoms with Crippen molar-refractivity contribution in [1.82, 2.24) is 14.4 Å². The molecule has 0 amide bonds. The third-order valence-electron chi connectivity index (χ3n) is 10.7. The molecular formula is C44H38N10O12S5. The second-order valence-corrected chi connectivity index (χ2v) is 22.3. The first kappa shape index (κ1) is 50.5. The second-order valence-electron chi connectivity index (χ2n) is 15.6. The molecular weight excluding hydrogens is 1020 g/mol. The number of nitriles is 1. The topological polar surface area (TPSA) is 341 Å². The maximum atomic E-state index is 11.9. The molecule has 5 aromatic carbocycles. The fourth-order valence-corrected chi connectivity index (χ4v) is 10.8. The zero-order valence-corrected chi connectivity index (χ0v) is 41.1. The zero-order valence-electron chi connectivity index (χ0n) is 37.1. The summed E-state index contributed by atoms with van der Waals surface area (Å²) in [5.41, 5.74) is 3.66. The highest BCUT2D eigenvalue weighted by molar-refractivity contribution is 7.99. The molecule has 0 saturated carbocycles. The molecule has 71 heavy (non-hydrogen) atoms. The minimum Gasteiger partial charge on any atom is -0.493 e. The van der Waals surface area contributed by atoms with Gasteiger partial charge in [-0.15, -0.1) is 37.3 Å². The summed E-state index contributed by atoms with van der Waals surface area (Å²) in [6.45, 7) is 2.52. The van der Waals surface area contributed by atoms with Gasteiger partial charge in [-0.3, -0.25) is 18.1 Å². The normalized spacial score (nSPS) is 12.7. The predicted molar refractivity (Wildman–Crippen MR) is 265 cm³/mol. The molecule has 27 heteroatoms. The van der Waals surface area contributed by atoms with Crippen LogP contribution in [-0.2, 0) is 37.0 Å². The number of aliphatic hydroxyl groups excluding tert-OH is 1. The molecule has 0 aliphatic carbocycles. The first-order valence-electron chi connectivity index (χ1n) is 20.9. The van der Waals surface area contributed by atoms with E-state index in [9.17, 15) is 54.4 Å².